The third kappa shape index (κ3) is 5.82. The van der Waals surface area contributed by atoms with Gasteiger partial charge >= 0.3 is 0 Å². The van der Waals surface area contributed by atoms with Crippen LogP contribution in [0.1, 0.15) is 56.1 Å². The lowest BCUT2D eigenvalue weighted by Gasteiger charge is -2.18. The number of carbonyl (C=O) groups is 1. The number of aliphatic hydroxyl groups excluding tert-OH is 1. The molecule has 158 valence electrons. The molecular weight excluding hydrogens is 358 g/mol. The Kier molecular flexibility index (Phi) is 7.71. The van der Waals surface area contributed by atoms with E-state index < -0.39 is 0 Å². The molecule has 0 radical (unpaired) electrons. The summed E-state index contributed by atoms with van der Waals surface area (Å²) in [4.78, 5) is 13.4. The number of hydrogen-bond acceptors (Lipinski definition) is 2. The van der Waals surface area contributed by atoms with E-state index in [2.05, 4.69) is 49.4 Å². The van der Waals surface area contributed by atoms with Crippen molar-refractivity contribution in [2.75, 3.05) is 14.1 Å². The second-order valence-corrected chi connectivity index (χ2v) is 9.13. The van der Waals surface area contributed by atoms with Gasteiger partial charge in [-0.05, 0) is 74.8 Å². The van der Waals surface area contributed by atoms with Gasteiger partial charge in [-0.15, -0.1) is 0 Å². The van der Waals surface area contributed by atoms with E-state index in [0.717, 1.165) is 44.9 Å². The zero-order valence-electron chi connectivity index (χ0n) is 18.3. The SMILES string of the molecule is Cc1ccccc1CCC=C[C@@H]1[C@H]2CC(CCCCC(=O)N(C)C)=C[C@H]2C[C@H]1O. The number of amides is 1. The van der Waals surface area contributed by atoms with E-state index in [1.165, 1.54) is 11.1 Å². The summed E-state index contributed by atoms with van der Waals surface area (Å²) in [5.41, 5.74) is 4.32. The molecule has 29 heavy (non-hydrogen) atoms. The quantitative estimate of drug-likeness (QED) is 0.468. The first-order valence-corrected chi connectivity index (χ1v) is 11.2. The zero-order chi connectivity index (χ0) is 20.8. The number of unbranched alkanes of at least 4 members (excludes halogenated alkanes) is 1. The molecule has 1 aromatic rings. The van der Waals surface area contributed by atoms with Crippen LogP contribution in [-0.4, -0.2) is 36.1 Å². The highest BCUT2D eigenvalue weighted by molar-refractivity contribution is 5.75. The smallest absolute Gasteiger partial charge is 0.222 e. The van der Waals surface area contributed by atoms with Crippen molar-refractivity contribution in [2.45, 2.75) is 64.4 Å². The molecule has 2 aliphatic rings. The monoisotopic (exact) mass is 395 g/mol. The van der Waals surface area contributed by atoms with Crippen LogP contribution >= 0.6 is 0 Å². The average molecular weight is 396 g/mol. The molecule has 1 saturated carbocycles. The Morgan fingerprint density at radius 1 is 1.21 bits per heavy atom. The zero-order valence-corrected chi connectivity index (χ0v) is 18.3. The highest BCUT2D eigenvalue weighted by Gasteiger charge is 2.43. The molecule has 0 unspecified atom stereocenters. The maximum absolute atomic E-state index is 11.7. The first-order chi connectivity index (χ1) is 14.0. The molecule has 4 atom stereocenters. The van der Waals surface area contributed by atoms with Crippen molar-refractivity contribution in [3.05, 3.63) is 59.2 Å². The molecule has 0 heterocycles. The summed E-state index contributed by atoms with van der Waals surface area (Å²) in [5.74, 6) is 1.62. The predicted octanol–water partition coefficient (Wildman–Crippen LogP) is 5.08. The maximum Gasteiger partial charge on any atom is 0.222 e. The minimum Gasteiger partial charge on any atom is -0.392 e. The molecule has 0 saturated heterocycles. The Bertz CT molecular complexity index is 749. The van der Waals surface area contributed by atoms with Crippen molar-refractivity contribution in [1.29, 1.82) is 0 Å². The van der Waals surface area contributed by atoms with E-state index in [4.69, 9.17) is 0 Å². The molecule has 3 nitrogen and oxygen atoms in total. The second-order valence-electron chi connectivity index (χ2n) is 9.13. The lowest BCUT2D eigenvalue weighted by molar-refractivity contribution is -0.128. The van der Waals surface area contributed by atoms with Crippen LogP contribution in [0.25, 0.3) is 0 Å². The third-order valence-electron chi connectivity index (χ3n) is 6.79. The summed E-state index contributed by atoms with van der Waals surface area (Å²) in [6, 6.07) is 8.59. The minimum atomic E-state index is -0.199. The lowest BCUT2D eigenvalue weighted by Crippen LogP contribution is -2.21. The molecule has 3 rings (SSSR count). The molecule has 0 aliphatic heterocycles. The Hall–Kier alpha value is -1.87. The Morgan fingerprint density at radius 3 is 2.76 bits per heavy atom. The van der Waals surface area contributed by atoms with Crippen molar-refractivity contribution in [1.82, 2.24) is 4.90 Å². The predicted molar refractivity (Wildman–Crippen MR) is 120 cm³/mol. The van der Waals surface area contributed by atoms with E-state index in [9.17, 15) is 9.90 Å². The molecule has 1 fully saturated rings. The Morgan fingerprint density at radius 2 is 2.00 bits per heavy atom. The summed E-state index contributed by atoms with van der Waals surface area (Å²) in [6.07, 6.45) is 14.7. The van der Waals surface area contributed by atoms with Gasteiger partial charge in [-0.1, -0.05) is 48.1 Å². The van der Waals surface area contributed by atoms with Crippen LogP contribution in [0, 0.1) is 24.7 Å². The molecule has 0 aromatic heterocycles. The Labute approximate surface area is 176 Å². The topological polar surface area (TPSA) is 40.5 Å². The van der Waals surface area contributed by atoms with Gasteiger partial charge in [0.05, 0.1) is 6.10 Å². The second kappa shape index (κ2) is 10.2. The summed E-state index contributed by atoms with van der Waals surface area (Å²) in [7, 11) is 3.64. The molecule has 3 heteroatoms. The normalized spacial score (nSPS) is 26.0. The first kappa shape index (κ1) is 21.8. The molecule has 1 amide bonds. The van der Waals surface area contributed by atoms with Gasteiger partial charge in [0.25, 0.3) is 0 Å². The number of aryl methyl sites for hydroxylation is 2. The molecule has 0 bridgehead atoms. The average Bonchev–Trinajstić information content (AvgIpc) is 3.20. The fraction of sp³-hybridized carbons (Fsp3) is 0.577. The molecule has 2 aliphatic carbocycles. The van der Waals surface area contributed by atoms with Crippen LogP contribution in [0.5, 0.6) is 0 Å². The number of fused-ring (bicyclic) bond motifs is 1. The lowest BCUT2D eigenvalue weighted by atomic mass is 9.88. The van der Waals surface area contributed by atoms with Crippen LogP contribution in [0.3, 0.4) is 0 Å². The van der Waals surface area contributed by atoms with Gasteiger partial charge in [0, 0.05) is 26.4 Å². The summed E-state index contributed by atoms with van der Waals surface area (Å²) in [5, 5.41) is 10.5. The van der Waals surface area contributed by atoms with Crippen molar-refractivity contribution in [3.8, 4) is 0 Å². The fourth-order valence-corrected chi connectivity index (χ4v) is 5.03. The van der Waals surface area contributed by atoms with Crippen LogP contribution in [0.15, 0.2) is 48.1 Å². The van der Waals surface area contributed by atoms with Crippen LogP contribution in [0.2, 0.25) is 0 Å². The number of allylic oxidation sites excluding steroid dienone is 3. The van der Waals surface area contributed by atoms with Crippen LogP contribution in [0.4, 0.5) is 0 Å². The van der Waals surface area contributed by atoms with Gasteiger partial charge in [0.2, 0.25) is 5.91 Å². The number of carbonyl (C=O) groups excluding carboxylic acids is 1. The van der Waals surface area contributed by atoms with Gasteiger partial charge < -0.3 is 10.0 Å². The van der Waals surface area contributed by atoms with Gasteiger partial charge in [0.15, 0.2) is 0 Å². The van der Waals surface area contributed by atoms with E-state index in [1.54, 1.807) is 10.5 Å². The van der Waals surface area contributed by atoms with Crippen molar-refractivity contribution >= 4 is 5.91 Å². The van der Waals surface area contributed by atoms with E-state index >= 15 is 0 Å². The number of aliphatic hydroxyl groups is 1. The van der Waals surface area contributed by atoms with Gasteiger partial charge in [-0.3, -0.25) is 4.79 Å². The van der Waals surface area contributed by atoms with E-state index in [1.807, 2.05) is 14.1 Å². The van der Waals surface area contributed by atoms with Gasteiger partial charge in [0.1, 0.15) is 0 Å². The fourth-order valence-electron chi connectivity index (χ4n) is 5.03. The largest absolute Gasteiger partial charge is 0.392 e. The highest BCUT2D eigenvalue weighted by atomic mass is 16.3. The maximum atomic E-state index is 11.7. The Balaban J connectivity index is 1.43. The van der Waals surface area contributed by atoms with Crippen LogP contribution < -0.4 is 0 Å². The van der Waals surface area contributed by atoms with Crippen molar-refractivity contribution in [2.24, 2.45) is 17.8 Å². The van der Waals surface area contributed by atoms with E-state index in [-0.39, 0.29) is 12.0 Å². The molecule has 0 spiro atoms. The molecular formula is C26H37NO2. The van der Waals surface area contributed by atoms with Gasteiger partial charge in [-0.25, -0.2) is 0 Å². The number of hydrogen-bond donors (Lipinski definition) is 1. The number of benzene rings is 1. The number of nitrogens with zero attached hydrogens (tertiary/aromatic N) is 1. The first-order valence-electron chi connectivity index (χ1n) is 11.2. The van der Waals surface area contributed by atoms with E-state index in [0.29, 0.717) is 24.2 Å². The molecule has 1 aromatic carbocycles. The summed E-state index contributed by atoms with van der Waals surface area (Å²) in [6.45, 7) is 2.17. The summed E-state index contributed by atoms with van der Waals surface area (Å²) < 4.78 is 0. The van der Waals surface area contributed by atoms with Crippen molar-refractivity contribution in [3.63, 3.8) is 0 Å². The standard InChI is InChI=1S/C26H37NO2/c1-19-10-4-6-12-21(19)13-7-8-14-23-24-17-20(16-22(24)18-25(23)28)11-5-9-15-26(29)27(2)3/h4,6,8,10,12,14,16,22-25,28H,5,7,9,11,13,15,17-18H2,1-3H3/t22-,23+,24-,25+/m0/s1. The highest BCUT2D eigenvalue weighted by Crippen LogP contribution is 2.48. The van der Waals surface area contributed by atoms with Crippen LogP contribution in [-0.2, 0) is 11.2 Å². The third-order valence-corrected chi connectivity index (χ3v) is 6.79. The summed E-state index contributed by atoms with van der Waals surface area (Å²) >= 11 is 0. The number of rotatable bonds is 9. The molecule has 1 N–H and O–H groups in total. The van der Waals surface area contributed by atoms with Crippen molar-refractivity contribution < 1.29 is 9.90 Å². The van der Waals surface area contributed by atoms with Gasteiger partial charge in [-0.2, -0.15) is 0 Å². The minimum absolute atomic E-state index is 0.199.